The fraction of sp³-hybridized carbons (Fsp3) is 0.235. The number of amides is 1. The van der Waals surface area contributed by atoms with Crippen molar-refractivity contribution in [1.29, 1.82) is 0 Å². The second-order valence-electron chi connectivity index (χ2n) is 5.84. The van der Waals surface area contributed by atoms with E-state index in [4.69, 9.17) is 16.2 Å². The van der Waals surface area contributed by atoms with Gasteiger partial charge in [0, 0.05) is 44.0 Å². The van der Waals surface area contributed by atoms with Gasteiger partial charge in [-0.2, -0.15) is 8.42 Å². The van der Waals surface area contributed by atoms with Crippen molar-refractivity contribution in [2.24, 2.45) is 0 Å². The first kappa shape index (κ1) is 20.0. The summed E-state index contributed by atoms with van der Waals surface area (Å²) in [4.78, 5) is 14.2. The topological polar surface area (TPSA) is 90.0 Å². The van der Waals surface area contributed by atoms with Gasteiger partial charge in [-0.25, -0.2) is 0 Å². The number of carbonyl (C=O) groups is 1. The Bertz CT molecular complexity index is 899. The summed E-state index contributed by atoms with van der Waals surface area (Å²) in [6.45, 7) is 0.183. The highest BCUT2D eigenvalue weighted by molar-refractivity contribution is 7.87. The lowest BCUT2D eigenvalue weighted by molar-refractivity contribution is 0.0951. The van der Waals surface area contributed by atoms with Gasteiger partial charge in [-0.1, -0.05) is 17.7 Å². The first-order chi connectivity index (χ1) is 12.1. The minimum atomic E-state index is -4.36. The number of carbonyl (C=O) groups excluding carboxylic acids is 1. The maximum atomic E-state index is 12.2. The molecule has 0 atom stereocenters. The van der Waals surface area contributed by atoms with Crippen LogP contribution in [0.4, 0.5) is 11.4 Å². The Labute approximate surface area is 158 Å². The average Bonchev–Trinajstić information content (AvgIpc) is 2.59. The molecule has 7 nitrogen and oxygen atoms in total. The highest BCUT2D eigenvalue weighted by Gasteiger charge is 2.15. The molecule has 0 radical (unpaired) electrons. The number of nitrogens with zero attached hydrogens (tertiary/aromatic N) is 2. The molecule has 0 saturated carbocycles. The quantitative estimate of drug-likeness (QED) is 0.731. The Balaban J connectivity index is 2.06. The zero-order valence-electron chi connectivity index (χ0n) is 14.6. The first-order valence-electron chi connectivity index (χ1n) is 7.65. The van der Waals surface area contributed by atoms with E-state index >= 15 is 0 Å². The number of rotatable bonds is 6. The smallest absolute Gasteiger partial charge is 0.359 e. The fourth-order valence-electron chi connectivity index (χ4n) is 2.20. The van der Waals surface area contributed by atoms with Crippen LogP contribution in [0.5, 0.6) is 0 Å². The molecule has 26 heavy (non-hydrogen) atoms. The van der Waals surface area contributed by atoms with Crippen LogP contribution >= 0.6 is 11.6 Å². The van der Waals surface area contributed by atoms with E-state index in [1.807, 2.05) is 31.1 Å². The Kier molecular flexibility index (Phi) is 6.12. The van der Waals surface area contributed by atoms with Crippen LogP contribution in [0.3, 0.4) is 0 Å². The van der Waals surface area contributed by atoms with Crippen molar-refractivity contribution in [3.05, 3.63) is 58.6 Å². The molecule has 0 aliphatic heterocycles. The Morgan fingerprint density at radius 2 is 1.65 bits per heavy atom. The molecule has 0 fully saturated rings. The highest BCUT2D eigenvalue weighted by atomic mass is 35.5. The highest BCUT2D eigenvalue weighted by Crippen LogP contribution is 2.24. The van der Waals surface area contributed by atoms with Gasteiger partial charge in [-0.15, -0.1) is 0 Å². The van der Waals surface area contributed by atoms with Gasteiger partial charge in [0.15, 0.2) is 0 Å². The molecule has 2 aromatic carbocycles. The van der Waals surface area contributed by atoms with E-state index in [2.05, 4.69) is 5.32 Å². The molecule has 2 aromatic rings. The van der Waals surface area contributed by atoms with Gasteiger partial charge in [0.1, 0.15) is 0 Å². The number of benzene rings is 2. The predicted molar refractivity (Wildman–Crippen MR) is 103 cm³/mol. The Morgan fingerprint density at radius 1 is 1.08 bits per heavy atom. The standard InChI is InChI=1S/C17H20ClN3O4S/c1-20(2)14-7-4-12(5-8-14)17(22)19-11-13-6-9-15(10-16(13)18)21(3)26(23,24)25/h4-10H,11H2,1-3H3,(H,19,22)(H,23,24,25). The van der Waals surface area contributed by atoms with Gasteiger partial charge in [0.2, 0.25) is 0 Å². The van der Waals surface area contributed by atoms with Gasteiger partial charge >= 0.3 is 10.3 Å². The summed E-state index contributed by atoms with van der Waals surface area (Å²) in [6, 6.07) is 11.7. The molecule has 0 spiro atoms. The zero-order valence-corrected chi connectivity index (χ0v) is 16.2. The third-order valence-electron chi connectivity index (χ3n) is 3.83. The van der Waals surface area contributed by atoms with Crippen molar-refractivity contribution in [1.82, 2.24) is 5.32 Å². The lowest BCUT2D eigenvalue weighted by Crippen LogP contribution is -2.25. The molecule has 0 saturated heterocycles. The van der Waals surface area contributed by atoms with Crippen LogP contribution in [0.2, 0.25) is 5.02 Å². The second-order valence-corrected chi connectivity index (χ2v) is 7.70. The van der Waals surface area contributed by atoms with E-state index in [-0.39, 0.29) is 23.2 Å². The van der Waals surface area contributed by atoms with Crippen molar-refractivity contribution in [3.8, 4) is 0 Å². The van der Waals surface area contributed by atoms with E-state index in [9.17, 15) is 13.2 Å². The molecule has 0 unspecified atom stereocenters. The molecule has 9 heteroatoms. The van der Waals surface area contributed by atoms with Crippen molar-refractivity contribution in [3.63, 3.8) is 0 Å². The third kappa shape index (κ3) is 4.87. The molecular weight excluding hydrogens is 378 g/mol. The summed E-state index contributed by atoms with van der Waals surface area (Å²) < 4.78 is 32.0. The predicted octanol–water partition coefficient (Wildman–Crippen LogP) is 2.58. The van der Waals surface area contributed by atoms with E-state index < -0.39 is 10.3 Å². The van der Waals surface area contributed by atoms with Crippen LogP contribution in [-0.4, -0.2) is 40.0 Å². The largest absolute Gasteiger partial charge is 0.378 e. The number of hydrogen-bond acceptors (Lipinski definition) is 4. The molecule has 0 aliphatic carbocycles. The number of halogens is 1. The van der Waals surface area contributed by atoms with Crippen molar-refractivity contribution >= 4 is 39.2 Å². The molecule has 2 N–H and O–H groups in total. The summed E-state index contributed by atoms with van der Waals surface area (Å²) in [5.74, 6) is -0.245. The number of anilines is 2. The summed E-state index contributed by atoms with van der Waals surface area (Å²) in [5.41, 5.74) is 2.35. The van der Waals surface area contributed by atoms with E-state index in [1.54, 1.807) is 18.2 Å². The number of hydrogen-bond donors (Lipinski definition) is 2. The minimum Gasteiger partial charge on any atom is -0.378 e. The van der Waals surface area contributed by atoms with Crippen LogP contribution in [0, 0.1) is 0 Å². The summed E-state index contributed by atoms with van der Waals surface area (Å²) in [7, 11) is 0.686. The lowest BCUT2D eigenvalue weighted by Gasteiger charge is -2.16. The maximum Gasteiger partial charge on any atom is 0.359 e. The van der Waals surface area contributed by atoms with Gasteiger partial charge < -0.3 is 10.2 Å². The van der Waals surface area contributed by atoms with Crippen LogP contribution in [0.25, 0.3) is 0 Å². The van der Waals surface area contributed by atoms with Crippen LogP contribution in [0.15, 0.2) is 42.5 Å². The molecule has 0 aromatic heterocycles. The normalized spacial score (nSPS) is 11.1. The van der Waals surface area contributed by atoms with Crippen molar-refractivity contribution in [2.45, 2.75) is 6.54 Å². The maximum absolute atomic E-state index is 12.2. The zero-order chi connectivity index (χ0) is 19.5. The summed E-state index contributed by atoms with van der Waals surface area (Å²) >= 11 is 6.15. The molecule has 0 aliphatic rings. The summed E-state index contributed by atoms with van der Waals surface area (Å²) in [6.07, 6.45) is 0. The fourth-order valence-corrected chi connectivity index (χ4v) is 2.82. The third-order valence-corrected chi connectivity index (χ3v) is 5.09. The van der Waals surface area contributed by atoms with Gasteiger partial charge in [0.25, 0.3) is 5.91 Å². The SMILES string of the molecule is CN(C)c1ccc(C(=O)NCc2ccc(N(C)S(=O)(=O)O)cc2Cl)cc1. The molecule has 0 bridgehead atoms. The second kappa shape index (κ2) is 7.94. The van der Waals surface area contributed by atoms with Crippen molar-refractivity contribution < 1.29 is 17.8 Å². The molecule has 140 valence electrons. The number of nitrogens with one attached hydrogen (secondary N) is 1. The van der Waals surface area contributed by atoms with E-state index in [1.165, 1.54) is 19.2 Å². The molecule has 0 heterocycles. The minimum absolute atomic E-state index is 0.183. The van der Waals surface area contributed by atoms with E-state index in [0.29, 0.717) is 15.4 Å². The summed E-state index contributed by atoms with van der Waals surface area (Å²) in [5, 5.41) is 3.04. The molecule has 2 rings (SSSR count). The average molecular weight is 398 g/mol. The van der Waals surface area contributed by atoms with Gasteiger partial charge in [-0.3, -0.25) is 13.7 Å². The van der Waals surface area contributed by atoms with Crippen LogP contribution in [0.1, 0.15) is 15.9 Å². The lowest BCUT2D eigenvalue weighted by atomic mass is 10.1. The Hall–Kier alpha value is -2.29. The Morgan fingerprint density at radius 3 is 2.15 bits per heavy atom. The van der Waals surface area contributed by atoms with Gasteiger partial charge in [-0.05, 0) is 42.0 Å². The van der Waals surface area contributed by atoms with Crippen LogP contribution < -0.4 is 14.5 Å². The van der Waals surface area contributed by atoms with E-state index in [0.717, 1.165) is 5.69 Å². The van der Waals surface area contributed by atoms with Crippen LogP contribution in [-0.2, 0) is 16.8 Å². The molecular formula is C17H20ClN3O4S. The first-order valence-corrected chi connectivity index (χ1v) is 9.42. The van der Waals surface area contributed by atoms with Crippen molar-refractivity contribution in [2.75, 3.05) is 30.3 Å². The monoisotopic (exact) mass is 397 g/mol. The molecule has 1 amide bonds. The van der Waals surface area contributed by atoms with Gasteiger partial charge in [0.05, 0.1) is 5.69 Å².